The van der Waals surface area contributed by atoms with Crippen molar-refractivity contribution in [2.75, 3.05) is 12.8 Å². The lowest BCUT2D eigenvalue weighted by Gasteiger charge is -2.38. The maximum Gasteiger partial charge on any atom is 0.316 e. The number of fused-ring (bicyclic) bond motifs is 1. The van der Waals surface area contributed by atoms with Crippen LogP contribution in [-0.4, -0.2) is 77.2 Å². The van der Waals surface area contributed by atoms with Gasteiger partial charge in [-0.3, -0.25) is 24.0 Å². The van der Waals surface area contributed by atoms with Crippen LogP contribution in [0.15, 0.2) is 29.2 Å². The molecule has 2 saturated carbocycles. The van der Waals surface area contributed by atoms with Crippen molar-refractivity contribution in [2.24, 2.45) is 40.2 Å². The molecule has 252 valence electrons. The lowest BCUT2D eigenvalue weighted by molar-refractivity contribution is -0.145. The topological polar surface area (TPSA) is 168 Å². The first kappa shape index (κ1) is 35.4. The molecule has 12 heteroatoms. The van der Waals surface area contributed by atoms with Gasteiger partial charge in [0.05, 0.1) is 12.1 Å². The second-order valence-corrected chi connectivity index (χ2v) is 16.0. The van der Waals surface area contributed by atoms with E-state index in [0.717, 1.165) is 17.7 Å². The molecule has 1 aliphatic heterocycles. The summed E-state index contributed by atoms with van der Waals surface area (Å²) in [6, 6.07) is 2.75. The van der Waals surface area contributed by atoms with Crippen LogP contribution in [0.25, 0.3) is 0 Å². The van der Waals surface area contributed by atoms with E-state index in [4.69, 9.17) is 5.73 Å². The minimum absolute atomic E-state index is 0.0656. The fraction of sp³-hybridized carbons (Fsp3) is 0.647. The van der Waals surface area contributed by atoms with Gasteiger partial charge in [0.15, 0.2) is 5.78 Å². The van der Waals surface area contributed by atoms with E-state index in [1.807, 2.05) is 66.9 Å². The van der Waals surface area contributed by atoms with Crippen LogP contribution in [0.3, 0.4) is 0 Å². The molecule has 0 radical (unpaired) electrons. The Labute approximate surface area is 275 Å². The monoisotopic (exact) mass is 655 g/mol. The summed E-state index contributed by atoms with van der Waals surface area (Å²) in [5, 5.41) is 8.37. The number of hydrogen-bond donors (Lipinski definition) is 4. The molecule has 0 spiro atoms. The van der Waals surface area contributed by atoms with E-state index in [-0.39, 0.29) is 34.9 Å². The van der Waals surface area contributed by atoms with Gasteiger partial charge in [-0.25, -0.2) is 4.79 Å². The van der Waals surface area contributed by atoms with E-state index in [1.165, 1.54) is 4.90 Å². The Bertz CT molecular complexity index is 1380. The van der Waals surface area contributed by atoms with Crippen LogP contribution >= 0.6 is 11.8 Å². The first-order valence-corrected chi connectivity index (χ1v) is 17.3. The quantitative estimate of drug-likeness (QED) is 0.144. The summed E-state index contributed by atoms with van der Waals surface area (Å²) in [6.07, 6.45) is 4.11. The fourth-order valence-corrected chi connectivity index (χ4v) is 7.17. The highest BCUT2D eigenvalue weighted by Gasteiger charge is 2.70. The number of nitrogens with one attached hydrogen (secondary N) is 3. The van der Waals surface area contributed by atoms with Crippen molar-refractivity contribution in [1.82, 2.24) is 20.9 Å². The number of carbonyl (C=O) groups excluding carboxylic acids is 6. The van der Waals surface area contributed by atoms with Crippen LogP contribution in [0, 0.1) is 34.5 Å². The van der Waals surface area contributed by atoms with Crippen molar-refractivity contribution in [3.63, 3.8) is 0 Å². The van der Waals surface area contributed by atoms with Crippen LogP contribution in [0.1, 0.15) is 78.1 Å². The number of ketones is 2. The Kier molecular flexibility index (Phi) is 10.3. The van der Waals surface area contributed by atoms with Gasteiger partial charge >= 0.3 is 6.03 Å². The maximum absolute atomic E-state index is 14.3. The van der Waals surface area contributed by atoms with Crippen LogP contribution in [0.5, 0.6) is 0 Å². The number of urea groups is 1. The molecule has 11 nitrogen and oxygen atoms in total. The number of rotatable bonds is 13. The fourth-order valence-electron chi connectivity index (χ4n) is 6.76. The summed E-state index contributed by atoms with van der Waals surface area (Å²) in [5.41, 5.74) is 4.82. The Morgan fingerprint density at radius 3 is 2.11 bits per heavy atom. The minimum atomic E-state index is -1.10. The first-order chi connectivity index (χ1) is 21.4. The molecule has 1 unspecified atom stereocenters. The van der Waals surface area contributed by atoms with Crippen LogP contribution < -0.4 is 21.7 Å². The highest BCUT2D eigenvalue weighted by atomic mass is 32.2. The molecule has 46 heavy (non-hydrogen) atoms. The molecule has 1 saturated heterocycles. The molecular formula is C34H49N5O6S. The molecule has 1 aromatic rings. The number of likely N-dealkylation sites (tertiary alicyclic amines) is 1. The third-order valence-corrected chi connectivity index (χ3v) is 10.6. The highest BCUT2D eigenvalue weighted by Crippen LogP contribution is 2.65. The van der Waals surface area contributed by atoms with Gasteiger partial charge in [-0.05, 0) is 59.3 Å². The smallest absolute Gasteiger partial charge is 0.316 e. The molecular weight excluding hydrogens is 606 g/mol. The van der Waals surface area contributed by atoms with Gasteiger partial charge in [-0.15, -0.1) is 11.8 Å². The molecule has 3 aliphatic rings. The molecule has 0 aromatic heterocycles. The van der Waals surface area contributed by atoms with Gasteiger partial charge in [0.1, 0.15) is 12.1 Å². The van der Waals surface area contributed by atoms with Crippen LogP contribution in [0.4, 0.5) is 4.79 Å². The van der Waals surface area contributed by atoms with Gasteiger partial charge in [0, 0.05) is 17.0 Å². The SMILES string of the molecule is CSc1ccc(C(=O)[C@@H](NC(=O)N[C@H](C(=O)N2C[C@H]3[C@@H]([C@H]2C(=O)NC(CC2CC2)C(=O)C(N)=O)C3(C)C)C(C)(C)C)C(C)C)cc1. The molecule has 4 rings (SSSR count). The van der Waals surface area contributed by atoms with Crippen molar-refractivity contribution in [3.05, 3.63) is 29.8 Å². The zero-order chi connectivity index (χ0) is 34.3. The largest absolute Gasteiger partial charge is 0.363 e. The van der Waals surface area contributed by atoms with Crippen molar-refractivity contribution in [1.29, 1.82) is 0 Å². The highest BCUT2D eigenvalue weighted by molar-refractivity contribution is 7.98. The number of hydrogen-bond acceptors (Lipinski definition) is 7. The Balaban J connectivity index is 1.52. The first-order valence-electron chi connectivity index (χ1n) is 16.1. The summed E-state index contributed by atoms with van der Waals surface area (Å²) < 4.78 is 0. The van der Waals surface area contributed by atoms with Crippen molar-refractivity contribution < 1.29 is 28.8 Å². The van der Waals surface area contributed by atoms with Gasteiger partial charge in [0.2, 0.25) is 17.6 Å². The standard InChI is InChI=1S/C34H49N5O6S/c1-17(2)24(26(40)19-11-13-20(46-8)14-12-19)37-32(45)38-28(33(3,4)5)31(44)39-16-21-23(34(21,6)7)25(39)30(43)36-22(15-18-9-10-18)27(41)29(35)42/h11-14,17-18,21-25,28H,9-10,15-16H2,1-8H3,(H2,35,42)(H,36,43)(H2,37,38,45)/t21-,22?,23-,24-,25-,28+/m0/s1. The summed E-state index contributed by atoms with van der Waals surface area (Å²) >= 11 is 1.57. The molecule has 1 aromatic carbocycles. The zero-order valence-corrected chi connectivity index (χ0v) is 29.0. The molecule has 2 aliphatic carbocycles. The Morgan fingerprint density at radius 2 is 1.61 bits per heavy atom. The van der Waals surface area contributed by atoms with E-state index in [0.29, 0.717) is 18.5 Å². The van der Waals surface area contributed by atoms with Crippen molar-refractivity contribution in [3.8, 4) is 0 Å². The Morgan fingerprint density at radius 1 is 1.00 bits per heavy atom. The summed E-state index contributed by atoms with van der Waals surface area (Å²) in [7, 11) is 0. The van der Waals surface area contributed by atoms with Gasteiger partial charge in [0.25, 0.3) is 5.91 Å². The molecule has 3 fully saturated rings. The van der Waals surface area contributed by atoms with E-state index in [1.54, 1.807) is 23.9 Å². The van der Waals surface area contributed by atoms with Crippen molar-refractivity contribution in [2.45, 2.75) is 96.8 Å². The summed E-state index contributed by atoms with van der Waals surface area (Å²) in [5.74, 6) is -3.17. The van der Waals surface area contributed by atoms with E-state index < -0.39 is 59.1 Å². The Hall–Kier alpha value is -3.41. The average molecular weight is 656 g/mol. The second-order valence-electron chi connectivity index (χ2n) is 15.1. The molecule has 5 N–H and O–H groups in total. The van der Waals surface area contributed by atoms with Crippen LogP contribution in [-0.2, 0) is 19.2 Å². The predicted molar refractivity (Wildman–Crippen MR) is 176 cm³/mol. The normalized spacial score (nSPS) is 23.5. The maximum atomic E-state index is 14.3. The number of nitrogens with two attached hydrogens (primary N) is 1. The number of benzene rings is 1. The zero-order valence-electron chi connectivity index (χ0n) is 28.1. The van der Waals surface area contributed by atoms with Crippen LogP contribution in [0.2, 0.25) is 0 Å². The molecule has 0 bridgehead atoms. The second kappa shape index (κ2) is 13.4. The van der Waals surface area contributed by atoms with E-state index in [9.17, 15) is 28.8 Å². The van der Waals surface area contributed by atoms with Crippen molar-refractivity contribution >= 4 is 47.1 Å². The number of primary amides is 1. The molecule has 1 heterocycles. The molecule has 5 amide bonds. The number of amides is 5. The number of piperidine rings is 1. The number of thioether (sulfide) groups is 1. The third kappa shape index (κ3) is 7.58. The van der Waals surface area contributed by atoms with Gasteiger partial charge in [-0.2, -0.15) is 0 Å². The lowest BCUT2D eigenvalue weighted by atomic mass is 9.85. The molecule has 6 atom stereocenters. The lowest BCUT2D eigenvalue weighted by Crippen LogP contribution is -2.62. The third-order valence-electron chi connectivity index (χ3n) is 9.90. The number of nitrogens with zero attached hydrogens (tertiary/aromatic N) is 1. The predicted octanol–water partition coefficient (Wildman–Crippen LogP) is 3.15. The van der Waals surface area contributed by atoms with E-state index in [2.05, 4.69) is 16.0 Å². The minimum Gasteiger partial charge on any atom is -0.363 e. The average Bonchev–Trinajstić information content (AvgIpc) is 3.84. The number of Topliss-reactive ketones (excluding diaryl/α,β-unsaturated/α-hetero) is 2. The summed E-state index contributed by atoms with van der Waals surface area (Å²) in [4.78, 5) is 81.8. The summed E-state index contributed by atoms with van der Waals surface area (Å²) in [6.45, 7) is 13.6. The van der Waals surface area contributed by atoms with Gasteiger partial charge < -0.3 is 26.6 Å². The van der Waals surface area contributed by atoms with E-state index >= 15 is 0 Å². The van der Waals surface area contributed by atoms with Gasteiger partial charge in [-0.1, -0.05) is 73.4 Å². The number of carbonyl (C=O) groups is 6.